The van der Waals surface area contributed by atoms with Crippen molar-refractivity contribution in [2.75, 3.05) is 14.2 Å². The Morgan fingerprint density at radius 1 is 1.19 bits per heavy atom. The summed E-state index contributed by atoms with van der Waals surface area (Å²) in [5.74, 6) is 0.896. The fourth-order valence-corrected chi connectivity index (χ4v) is 2.42. The quantitative estimate of drug-likeness (QED) is 0.447. The molecule has 0 aliphatic carbocycles. The molecule has 2 heterocycles. The number of pyridine rings is 1. The number of carbonyl (C=O) groups excluding carboxylic acids is 1. The minimum absolute atomic E-state index is 0.100. The normalized spacial score (nSPS) is 10.5. The van der Waals surface area contributed by atoms with Crippen LogP contribution >= 0.6 is 23.2 Å². The summed E-state index contributed by atoms with van der Waals surface area (Å²) in [6.45, 7) is -0.218. The molecule has 0 N–H and O–H groups in total. The number of benzene rings is 1. The third-order valence-corrected chi connectivity index (χ3v) is 4.16. The van der Waals surface area contributed by atoms with Crippen LogP contribution in [0.4, 0.5) is 0 Å². The van der Waals surface area contributed by atoms with Crippen LogP contribution in [0.1, 0.15) is 16.2 Å². The highest BCUT2D eigenvalue weighted by Gasteiger charge is 2.16. The lowest BCUT2D eigenvalue weighted by Gasteiger charge is -2.07. The molecule has 27 heavy (non-hydrogen) atoms. The topological polar surface area (TPSA) is 96.6 Å². The number of hydrogen-bond donors (Lipinski definition) is 0. The Bertz CT molecular complexity index is 977. The number of halogens is 2. The molecule has 0 unspecified atom stereocenters. The van der Waals surface area contributed by atoms with E-state index < -0.39 is 5.97 Å². The predicted octanol–water partition coefficient (Wildman–Crippen LogP) is 3.81. The number of nitrogens with zero attached hydrogens (tertiary/aromatic N) is 3. The van der Waals surface area contributed by atoms with Crippen LogP contribution in [-0.4, -0.2) is 35.3 Å². The minimum atomic E-state index is -0.650. The maximum absolute atomic E-state index is 12.0. The van der Waals surface area contributed by atoms with Gasteiger partial charge in [-0.3, -0.25) is 0 Å². The molecular formula is C17H13Cl2N3O5. The van der Waals surface area contributed by atoms with Crippen molar-refractivity contribution in [3.63, 3.8) is 0 Å². The molecule has 0 saturated heterocycles. The average molecular weight is 410 g/mol. The third-order valence-electron chi connectivity index (χ3n) is 3.48. The summed E-state index contributed by atoms with van der Waals surface area (Å²) in [5.41, 5.74) is 0.759. The first-order chi connectivity index (χ1) is 13.0. The fourth-order valence-electron chi connectivity index (χ4n) is 2.15. The molecule has 0 bridgehead atoms. The Kier molecular flexibility index (Phi) is 5.78. The van der Waals surface area contributed by atoms with Gasteiger partial charge in [0.25, 0.3) is 5.89 Å². The molecule has 3 rings (SSSR count). The van der Waals surface area contributed by atoms with Crippen molar-refractivity contribution in [2.45, 2.75) is 6.61 Å². The second kappa shape index (κ2) is 8.24. The van der Waals surface area contributed by atoms with Crippen LogP contribution in [0.5, 0.6) is 11.5 Å². The monoisotopic (exact) mass is 409 g/mol. The van der Waals surface area contributed by atoms with E-state index in [9.17, 15) is 4.79 Å². The SMILES string of the molecule is COc1ccc(-c2noc(COC(=O)c3cnc(Cl)c(Cl)c3)n2)c(OC)c1. The summed E-state index contributed by atoms with van der Waals surface area (Å²) in [6.07, 6.45) is 1.26. The van der Waals surface area contributed by atoms with Gasteiger partial charge in [-0.05, 0) is 18.2 Å². The highest BCUT2D eigenvalue weighted by atomic mass is 35.5. The standard InChI is InChI=1S/C17H13Cl2N3O5/c1-24-10-3-4-11(13(6-10)25-2)16-21-14(27-22-16)8-26-17(23)9-5-12(18)15(19)20-7-9/h3-7H,8H2,1-2H3. The van der Waals surface area contributed by atoms with Crippen LogP contribution in [0.2, 0.25) is 10.2 Å². The third kappa shape index (κ3) is 4.29. The number of hydrogen-bond acceptors (Lipinski definition) is 8. The molecule has 0 atom stereocenters. The summed E-state index contributed by atoms with van der Waals surface area (Å²) >= 11 is 11.5. The number of carbonyl (C=O) groups is 1. The van der Waals surface area contributed by atoms with E-state index in [-0.39, 0.29) is 34.1 Å². The molecule has 8 nitrogen and oxygen atoms in total. The van der Waals surface area contributed by atoms with Gasteiger partial charge in [0, 0.05) is 12.3 Å². The number of methoxy groups -OCH3 is 2. The summed E-state index contributed by atoms with van der Waals surface area (Å²) in [5, 5.41) is 4.13. The van der Waals surface area contributed by atoms with E-state index in [1.807, 2.05) is 0 Å². The summed E-state index contributed by atoms with van der Waals surface area (Å²) in [4.78, 5) is 20.0. The van der Waals surface area contributed by atoms with Gasteiger partial charge in [-0.25, -0.2) is 9.78 Å². The van der Waals surface area contributed by atoms with Gasteiger partial charge in [0.15, 0.2) is 6.61 Å². The zero-order chi connectivity index (χ0) is 19.4. The van der Waals surface area contributed by atoms with Crippen molar-refractivity contribution in [1.82, 2.24) is 15.1 Å². The number of esters is 1. The first-order valence-electron chi connectivity index (χ1n) is 7.55. The Morgan fingerprint density at radius 2 is 2.00 bits per heavy atom. The largest absolute Gasteiger partial charge is 0.497 e. The second-order valence-electron chi connectivity index (χ2n) is 5.15. The first-order valence-corrected chi connectivity index (χ1v) is 8.30. The number of aromatic nitrogens is 3. The maximum atomic E-state index is 12.0. The second-order valence-corrected chi connectivity index (χ2v) is 5.92. The van der Waals surface area contributed by atoms with Crippen LogP contribution in [0.15, 0.2) is 35.0 Å². The van der Waals surface area contributed by atoms with Gasteiger partial charge in [-0.1, -0.05) is 28.4 Å². The predicted molar refractivity (Wildman–Crippen MR) is 96.2 cm³/mol. The van der Waals surface area contributed by atoms with Crippen molar-refractivity contribution in [3.05, 3.63) is 52.1 Å². The van der Waals surface area contributed by atoms with Crippen LogP contribution in [0, 0.1) is 0 Å². The molecule has 0 saturated carbocycles. The van der Waals surface area contributed by atoms with Crippen molar-refractivity contribution in [2.24, 2.45) is 0 Å². The summed E-state index contributed by atoms with van der Waals surface area (Å²) in [7, 11) is 3.07. The van der Waals surface area contributed by atoms with Crippen LogP contribution < -0.4 is 9.47 Å². The Balaban J connectivity index is 1.71. The van der Waals surface area contributed by atoms with Crippen LogP contribution in [-0.2, 0) is 11.3 Å². The van der Waals surface area contributed by atoms with Crippen LogP contribution in [0.3, 0.4) is 0 Å². The molecule has 0 spiro atoms. The summed E-state index contributed by atoms with van der Waals surface area (Å²) in [6, 6.07) is 6.54. The highest BCUT2D eigenvalue weighted by molar-refractivity contribution is 6.41. The lowest BCUT2D eigenvalue weighted by molar-refractivity contribution is 0.0429. The lowest BCUT2D eigenvalue weighted by Crippen LogP contribution is -2.06. The smallest absolute Gasteiger partial charge is 0.340 e. The fraction of sp³-hybridized carbons (Fsp3) is 0.176. The van der Waals surface area contributed by atoms with Crippen molar-refractivity contribution in [3.8, 4) is 22.9 Å². The van der Waals surface area contributed by atoms with E-state index in [1.165, 1.54) is 19.4 Å². The molecule has 0 aliphatic heterocycles. The Labute approximate surface area is 164 Å². The van der Waals surface area contributed by atoms with Gasteiger partial charge in [-0.2, -0.15) is 4.98 Å². The molecule has 0 fully saturated rings. The number of ether oxygens (including phenoxy) is 3. The van der Waals surface area contributed by atoms with E-state index in [2.05, 4.69) is 15.1 Å². The molecule has 0 aliphatic rings. The average Bonchev–Trinajstić information content (AvgIpc) is 3.16. The molecule has 1 aromatic carbocycles. The molecule has 0 amide bonds. The van der Waals surface area contributed by atoms with Gasteiger partial charge in [0.1, 0.15) is 16.7 Å². The van der Waals surface area contributed by atoms with E-state index in [1.54, 1.807) is 25.3 Å². The molecule has 0 radical (unpaired) electrons. The van der Waals surface area contributed by atoms with E-state index in [0.717, 1.165) is 0 Å². The molecule has 2 aromatic heterocycles. The lowest BCUT2D eigenvalue weighted by atomic mass is 10.2. The van der Waals surface area contributed by atoms with Crippen molar-refractivity contribution < 1.29 is 23.5 Å². The molecule has 3 aromatic rings. The van der Waals surface area contributed by atoms with Gasteiger partial charge in [0.05, 0.1) is 30.4 Å². The minimum Gasteiger partial charge on any atom is -0.497 e. The first kappa shape index (κ1) is 18.9. The number of rotatable bonds is 6. The van der Waals surface area contributed by atoms with Gasteiger partial charge in [-0.15, -0.1) is 0 Å². The summed E-state index contributed by atoms with van der Waals surface area (Å²) < 4.78 is 20.7. The maximum Gasteiger partial charge on any atom is 0.340 e. The van der Waals surface area contributed by atoms with Gasteiger partial charge >= 0.3 is 5.97 Å². The van der Waals surface area contributed by atoms with E-state index in [0.29, 0.717) is 17.1 Å². The molecule has 140 valence electrons. The highest BCUT2D eigenvalue weighted by Crippen LogP contribution is 2.31. The van der Waals surface area contributed by atoms with Crippen molar-refractivity contribution in [1.29, 1.82) is 0 Å². The molecule has 10 heteroatoms. The van der Waals surface area contributed by atoms with Crippen LogP contribution in [0.25, 0.3) is 11.4 Å². The van der Waals surface area contributed by atoms with E-state index >= 15 is 0 Å². The van der Waals surface area contributed by atoms with Gasteiger partial charge < -0.3 is 18.7 Å². The Morgan fingerprint density at radius 3 is 2.70 bits per heavy atom. The zero-order valence-electron chi connectivity index (χ0n) is 14.2. The van der Waals surface area contributed by atoms with E-state index in [4.69, 9.17) is 41.9 Å². The zero-order valence-corrected chi connectivity index (χ0v) is 15.7. The van der Waals surface area contributed by atoms with Gasteiger partial charge in [0.2, 0.25) is 5.82 Å². The molecular weight excluding hydrogens is 397 g/mol. The van der Waals surface area contributed by atoms with Crippen molar-refractivity contribution >= 4 is 29.2 Å². The Hall–Kier alpha value is -2.84.